The van der Waals surface area contributed by atoms with Crippen molar-refractivity contribution in [3.8, 4) is 5.75 Å². The summed E-state index contributed by atoms with van der Waals surface area (Å²) in [6.07, 6.45) is 3.35. The number of carbonyl (C=O) groups is 1. The van der Waals surface area contributed by atoms with Crippen molar-refractivity contribution >= 4 is 16.9 Å². The normalized spacial score (nSPS) is 10.6. The van der Waals surface area contributed by atoms with E-state index < -0.39 is 5.97 Å². The number of carbonyl (C=O) groups excluding carboxylic acids is 1. The average molecular weight is 273 g/mol. The summed E-state index contributed by atoms with van der Waals surface area (Å²) in [6, 6.07) is 7.68. The van der Waals surface area contributed by atoms with Gasteiger partial charge in [0.15, 0.2) is 5.69 Å². The van der Waals surface area contributed by atoms with Gasteiger partial charge in [0.2, 0.25) is 0 Å². The Morgan fingerprint density at radius 1 is 1.25 bits per heavy atom. The molecule has 0 amide bonds. The van der Waals surface area contributed by atoms with Gasteiger partial charge in [-0.15, -0.1) is 0 Å². The fourth-order valence-corrected chi connectivity index (χ4v) is 2.16. The zero-order valence-electron chi connectivity index (χ0n) is 12.1. The number of unbranched alkanes of at least 4 members (excludes halogenated alkanes) is 1. The Morgan fingerprint density at radius 2 is 2.05 bits per heavy atom. The van der Waals surface area contributed by atoms with Crippen LogP contribution in [0.1, 0.15) is 35.8 Å². The van der Waals surface area contributed by atoms with Crippen molar-refractivity contribution < 1.29 is 14.3 Å². The van der Waals surface area contributed by atoms with E-state index in [1.807, 2.05) is 12.1 Å². The number of aryl methyl sites for hydroxylation is 1. The number of esters is 1. The van der Waals surface area contributed by atoms with E-state index in [-0.39, 0.29) is 5.69 Å². The molecule has 0 bridgehead atoms. The van der Waals surface area contributed by atoms with Crippen LogP contribution in [0.25, 0.3) is 10.9 Å². The van der Waals surface area contributed by atoms with Crippen LogP contribution in [-0.2, 0) is 11.2 Å². The molecule has 20 heavy (non-hydrogen) atoms. The van der Waals surface area contributed by atoms with Crippen LogP contribution in [0.2, 0.25) is 0 Å². The molecule has 2 rings (SSSR count). The highest BCUT2D eigenvalue weighted by atomic mass is 16.5. The van der Waals surface area contributed by atoms with Gasteiger partial charge in [-0.2, -0.15) is 0 Å². The maximum atomic E-state index is 11.6. The second-order valence-electron chi connectivity index (χ2n) is 4.66. The van der Waals surface area contributed by atoms with Gasteiger partial charge in [-0.05, 0) is 30.5 Å². The molecule has 0 aliphatic heterocycles. The van der Waals surface area contributed by atoms with Gasteiger partial charge in [-0.25, -0.2) is 9.78 Å². The molecule has 0 aliphatic carbocycles. The van der Waals surface area contributed by atoms with Crippen LogP contribution in [0.3, 0.4) is 0 Å². The first kappa shape index (κ1) is 14.3. The van der Waals surface area contributed by atoms with Gasteiger partial charge < -0.3 is 9.47 Å². The summed E-state index contributed by atoms with van der Waals surface area (Å²) in [5.41, 5.74) is 2.26. The van der Waals surface area contributed by atoms with Crippen LogP contribution in [-0.4, -0.2) is 25.2 Å². The van der Waals surface area contributed by atoms with Crippen molar-refractivity contribution in [1.82, 2.24) is 4.98 Å². The molecule has 4 heteroatoms. The van der Waals surface area contributed by atoms with Gasteiger partial charge in [0.25, 0.3) is 0 Å². The van der Waals surface area contributed by atoms with Crippen LogP contribution >= 0.6 is 0 Å². The molecule has 0 fully saturated rings. The number of methoxy groups -OCH3 is 2. The zero-order valence-corrected chi connectivity index (χ0v) is 12.1. The third-order valence-electron chi connectivity index (χ3n) is 3.27. The van der Waals surface area contributed by atoms with Crippen molar-refractivity contribution in [2.75, 3.05) is 14.2 Å². The van der Waals surface area contributed by atoms with E-state index in [1.165, 1.54) is 12.7 Å². The number of hydrogen-bond donors (Lipinski definition) is 0. The summed E-state index contributed by atoms with van der Waals surface area (Å²) in [6.45, 7) is 2.17. The fraction of sp³-hybridized carbons (Fsp3) is 0.375. The van der Waals surface area contributed by atoms with E-state index in [2.05, 4.69) is 18.0 Å². The van der Waals surface area contributed by atoms with E-state index in [1.54, 1.807) is 13.2 Å². The van der Waals surface area contributed by atoms with Crippen LogP contribution in [0.15, 0.2) is 24.3 Å². The summed E-state index contributed by atoms with van der Waals surface area (Å²) < 4.78 is 10.1. The second-order valence-corrected chi connectivity index (χ2v) is 4.66. The summed E-state index contributed by atoms with van der Waals surface area (Å²) in [5, 5.41) is 0.925. The van der Waals surface area contributed by atoms with Crippen molar-refractivity contribution in [3.63, 3.8) is 0 Å². The first-order valence-electron chi connectivity index (χ1n) is 6.75. The predicted octanol–water partition coefficient (Wildman–Crippen LogP) is 3.37. The third kappa shape index (κ3) is 2.90. The number of nitrogens with zero attached hydrogens (tertiary/aromatic N) is 1. The van der Waals surface area contributed by atoms with E-state index in [0.29, 0.717) is 5.75 Å². The summed E-state index contributed by atoms with van der Waals surface area (Å²) in [7, 11) is 2.93. The quantitative estimate of drug-likeness (QED) is 0.784. The van der Waals surface area contributed by atoms with Crippen LogP contribution in [0, 0.1) is 0 Å². The first-order chi connectivity index (χ1) is 9.69. The minimum atomic E-state index is -0.458. The Morgan fingerprint density at radius 3 is 2.70 bits per heavy atom. The van der Waals surface area contributed by atoms with Crippen molar-refractivity contribution in [3.05, 3.63) is 35.5 Å². The van der Waals surface area contributed by atoms with Gasteiger partial charge in [-0.1, -0.05) is 19.4 Å². The number of fused-ring (bicyclic) bond motifs is 1. The average Bonchev–Trinajstić information content (AvgIpc) is 2.50. The van der Waals surface area contributed by atoms with E-state index in [9.17, 15) is 4.79 Å². The molecular weight excluding hydrogens is 254 g/mol. The SMILES string of the molecule is CCCCc1ccc2nc(C(=O)OC)cc(OC)c2c1. The summed E-state index contributed by atoms with van der Waals surface area (Å²) in [4.78, 5) is 15.9. The number of ether oxygens (including phenoxy) is 2. The van der Waals surface area contributed by atoms with Crippen molar-refractivity contribution in [1.29, 1.82) is 0 Å². The highest BCUT2D eigenvalue weighted by Gasteiger charge is 2.13. The van der Waals surface area contributed by atoms with Crippen LogP contribution in [0.4, 0.5) is 0 Å². The Kier molecular flexibility index (Phi) is 4.56. The second kappa shape index (κ2) is 6.37. The standard InChI is InChI=1S/C16H19NO3/c1-4-5-6-11-7-8-13-12(9-11)15(19-2)10-14(17-13)16(18)20-3/h7-10H,4-6H2,1-3H3. The molecule has 0 radical (unpaired) electrons. The highest BCUT2D eigenvalue weighted by Crippen LogP contribution is 2.27. The number of pyridine rings is 1. The first-order valence-corrected chi connectivity index (χ1v) is 6.75. The van der Waals surface area contributed by atoms with Crippen LogP contribution < -0.4 is 4.74 Å². The molecule has 106 valence electrons. The molecular formula is C16H19NO3. The lowest BCUT2D eigenvalue weighted by atomic mass is 10.0. The Bertz CT molecular complexity index is 622. The predicted molar refractivity (Wildman–Crippen MR) is 78.2 cm³/mol. The van der Waals surface area contributed by atoms with Gasteiger partial charge >= 0.3 is 5.97 Å². The lowest BCUT2D eigenvalue weighted by molar-refractivity contribution is 0.0594. The Labute approximate surface area is 118 Å². The molecule has 1 aromatic heterocycles. The number of aromatic nitrogens is 1. The Hall–Kier alpha value is -2.10. The lowest BCUT2D eigenvalue weighted by Gasteiger charge is -2.09. The Balaban J connectivity index is 2.50. The van der Waals surface area contributed by atoms with Crippen LogP contribution in [0.5, 0.6) is 5.75 Å². The molecule has 4 nitrogen and oxygen atoms in total. The summed E-state index contributed by atoms with van der Waals surface area (Å²) in [5.74, 6) is 0.189. The molecule has 2 aromatic rings. The number of benzene rings is 1. The zero-order chi connectivity index (χ0) is 14.5. The van der Waals surface area contributed by atoms with E-state index >= 15 is 0 Å². The monoisotopic (exact) mass is 273 g/mol. The smallest absolute Gasteiger partial charge is 0.356 e. The molecule has 0 atom stereocenters. The number of hydrogen-bond acceptors (Lipinski definition) is 4. The molecule has 1 aromatic carbocycles. The minimum Gasteiger partial charge on any atom is -0.496 e. The molecule has 0 saturated carbocycles. The van der Waals surface area contributed by atoms with Gasteiger partial charge in [-0.3, -0.25) is 0 Å². The molecule has 0 saturated heterocycles. The third-order valence-corrected chi connectivity index (χ3v) is 3.27. The minimum absolute atomic E-state index is 0.262. The lowest BCUT2D eigenvalue weighted by Crippen LogP contribution is -2.05. The summed E-state index contributed by atoms with van der Waals surface area (Å²) >= 11 is 0. The van der Waals surface area contributed by atoms with Gasteiger partial charge in [0.1, 0.15) is 5.75 Å². The highest BCUT2D eigenvalue weighted by molar-refractivity contribution is 5.94. The fourth-order valence-electron chi connectivity index (χ4n) is 2.16. The largest absolute Gasteiger partial charge is 0.496 e. The molecule has 0 spiro atoms. The topological polar surface area (TPSA) is 48.4 Å². The number of rotatable bonds is 5. The maximum Gasteiger partial charge on any atom is 0.356 e. The molecule has 0 unspecified atom stereocenters. The van der Waals surface area contributed by atoms with Gasteiger partial charge in [0.05, 0.1) is 19.7 Å². The van der Waals surface area contributed by atoms with Crippen molar-refractivity contribution in [2.45, 2.75) is 26.2 Å². The molecule has 1 heterocycles. The van der Waals surface area contributed by atoms with E-state index in [4.69, 9.17) is 9.47 Å². The maximum absolute atomic E-state index is 11.6. The van der Waals surface area contributed by atoms with Crippen molar-refractivity contribution in [2.24, 2.45) is 0 Å². The van der Waals surface area contributed by atoms with Gasteiger partial charge in [0, 0.05) is 11.5 Å². The molecule has 0 N–H and O–H groups in total. The van der Waals surface area contributed by atoms with E-state index in [0.717, 1.165) is 30.2 Å². The molecule has 0 aliphatic rings.